The quantitative estimate of drug-likeness (QED) is 0.624. The highest BCUT2D eigenvalue weighted by molar-refractivity contribution is 6.74. The third-order valence-corrected chi connectivity index (χ3v) is 11.4. The maximum absolute atomic E-state index is 6.93. The van der Waals surface area contributed by atoms with Crippen molar-refractivity contribution in [2.45, 2.75) is 115 Å². The highest BCUT2D eigenvalue weighted by Crippen LogP contribution is 2.49. The van der Waals surface area contributed by atoms with Crippen LogP contribution >= 0.6 is 0 Å². The van der Waals surface area contributed by atoms with Gasteiger partial charge in [-0.05, 0) is 50.7 Å². The lowest BCUT2D eigenvalue weighted by Crippen LogP contribution is -2.48. The molecule has 3 nitrogen and oxygen atoms in total. The van der Waals surface area contributed by atoms with E-state index in [9.17, 15) is 0 Å². The van der Waals surface area contributed by atoms with Crippen molar-refractivity contribution in [1.29, 1.82) is 0 Å². The highest BCUT2D eigenvalue weighted by atomic mass is 28.4. The molecule has 0 aromatic carbocycles. The summed E-state index contributed by atoms with van der Waals surface area (Å²) in [5.74, 6) is 1.23. The second-order valence-electron chi connectivity index (χ2n) is 10.5. The fraction of sp³-hybridized carbons (Fsp3) is 1.00. The Morgan fingerprint density at radius 2 is 1.75 bits per heavy atom. The molecule has 0 N–H and O–H groups in total. The molecule has 4 heteroatoms. The van der Waals surface area contributed by atoms with Gasteiger partial charge >= 0.3 is 0 Å². The van der Waals surface area contributed by atoms with Gasteiger partial charge in [-0.25, -0.2) is 0 Å². The second kappa shape index (κ2) is 6.36. The van der Waals surface area contributed by atoms with Crippen molar-refractivity contribution in [3.63, 3.8) is 0 Å². The molecule has 1 aliphatic carbocycles. The van der Waals surface area contributed by atoms with Crippen molar-refractivity contribution in [1.82, 2.24) is 0 Å². The van der Waals surface area contributed by atoms with E-state index >= 15 is 0 Å². The normalized spacial score (nSPS) is 37.1. The van der Waals surface area contributed by atoms with Gasteiger partial charge in [-0.2, -0.15) is 0 Å². The largest absolute Gasteiger partial charge is 0.411 e. The molecule has 0 aromatic heterocycles. The van der Waals surface area contributed by atoms with Crippen molar-refractivity contribution in [2.24, 2.45) is 11.8 Å². The van der Waals surface area contributed by atoms with Crippen LogP contribution in [0.3, 0.4) is 0 Å². The molecule has 0 spiro atoms. The Hall–Kier alpha value is 0.0969. The maximum Gasteiger partial charge on any atom is 0.192 e. The molecule has 2 aliphatic heterocycles. The van der Waals surface area contributed by atoms with E-state index in [-0.39, 0.29) is 29.1 Å². The molecule has 3 rings (SSSR count). The standard InChI is InChI=1S/C20H38O3Si/c1-19(2,3)24(6,7)23-17-15-13-20(4,5)22-18(15)21-16(17)12-14-10-8-9-11-14/h14-18H,8-13H2,1-7H3. The summed E-state index contributed by atoms with van der Waals surface area (Å²) in [6, 6.07) is 0. The van der Waals surface area contributed by atoms with Gasteiger partial charge in [0.2, 0.25) is 0 Å². The average Bonchev–Trinajstić information content (AvgIpc) is 3.07. The summed E-state index contributed by atoms with van der Waals surface area (Å²) in [6.07, 6.45) is 8.13. The minimum absolute atomic E-state index is 0.0545. The monoisotopic (exact) mass is 354 g/mol. The summed E-state index contributed by atoms with van der Waals surface area (Å²) < 4.78 is 19.6. The molecule has 4 unspecified atom stereocenters. The van der Waals surface area contributed by atoms with E-state index in [0.29, 0.717) is 5.92 Å². The predicted molar refractivity (Wildman–Crippen MR) is 101 cm³/mol. The highest BCUT2D eigenvalue weighted by Gasteiger charge is 2.56. The van der Waals surface area contributed by atoms with Gasteiger partial charge in [0.25, 0.3) is 0 Å². The number of hydrogen-bond acceptors (Lipinski definition) is 3. The molecule has 3 aliphatic rings. The van der Waals surface area contributed by atoms with E-state index in [0.717, 1.165) is 18.8 Å². The first-order chi connectivity index (χ1) is 11.0. The first-order valence-electron chi connectivity index (χ1n) is 10.00. The molecule has 0 radical (unpaired) electrons. The Morgan fingerprint density at radius 3 is 2.33 bits per heavy atom. The molecule has 0 amide bonds. The summed E-state index contributed by atoms with van der Waals surface area (Å²) in [5.41, 5.74) is -0.0807. The minimum Gasteiger partial charge on any atom is -0.411 e. The van der Waals surface area contributed by atoms with Crippen LogP contribution in [-0.2, 0) is 13.9 Å². The minimum atomic E-state index is -1.81. The zero-order valence-electron chi connectivity index (χ0n) is 16.9. The van der Waals surface area contributed by atoms with E-state index in [2.05, 4.69) is 47.7 Å². The number of rotatable bonds is 4. The Bertz CT molecular complexity index is 448. The third-order valence-electron chi connectivity index (χ3n) is 6.89. The molecule has 0 bridgehead atoms. The van der Waals surface area contributed by atoms with Gasteiger partial charge in [0.15, 0.2) is 14.6 Å². The zero-order chi connectivity index (χ0) is 17.8. The maximum atomic E-state index is 6.93. The molecule has 2 heterocycles. The van der Waals surface area contributed by atoms with Crippen LogP contribution in [-0.4, -0.2) is 32.4 Å². The molecule has 140 valence electrons. The van der Waals surface area contributed by atoms with Crippen molar-refractivity contribution < 1.29 is 13.9 Å². The summed E-state index contributed by atoms with van der Waals surface area (Å²) in [5, 5.41) is 0.234. The topological polar surface area (TPSA) is 27.7 Å². The summed E-state index contributed by atoms with van der Waals surface area (Å²) >= 11 is 0. The lowest BCUT2D eigenvalue weighted by Gasteiger charge is -2.41. The number of hydrogen-bond donors (Lipinski definition) is 0. The Morgan fingerprint density at radius 1 is 1.12 bits per heavy atom. The smallest absolute Gasteiger partial charge is 0.192 e. The summed E-state index contributed by atoms with van der Waals surface area (Å²) in [4.78, 5) is 0. The Kier molecular flexibility index (Phi) is 5.00. The molecule has 2 saturated heterocycles. The van der Waals surface area contributed by atoms with Crippen molar-refractivity contribution in [3.05, 3.63) is 0 Å². The Labute approximate surface area is 150 Å². The number of ether oxygens (including phenoxy) is 2. The first-order valence-corrected chi connectivity index (χ1v) is 12.9. The van der Waals surface area contributed by atoms with Gasteiger partial charge in [0, 0.05) is 5.92 Å². The van der Waals surface area contributed by atoms with Crippen LogP contribution in [0, 0.1) is 11.8 Å². The van der Waals surface area contributed by atoms with Gasteiger partial charge in [0.1, 0.15) is 0 Å². The molecule has 3 fully saturated rings. The molecule has 4 atom stereocenters. The zero-order valence-corrected chi connectivity index (χ0v) is 17.9. The lowest BCUT2D eigenvalue weighted by atomic mass is 9.89. The molecular weight excluding hydrogens is 316 g/mol. The summed E-state index contributed by atoms with van der Waals surface area (Å²) in [6.45, 7) is 16.1. The fourth-order valence-electron chi connectivity index (χ4n) is 4.48. The van der Waals surface area contributed by atoms with Gasteiger partial charge < -0.3 is 13.9 Å². The van der Waals surface area contributed by atoms with Gasteiger partial charge in [-0.15, -0.1) is 0 Å². The predicted octanol–water partition coefficient (Wildman–Crippen LogP) is 5.50. The van der Waals surface area contributed by atoms with Crippen LogP contribution in [0.4, 0.5) is 0 Å². The molecular formula is C20H38O3Si. The Balaban J connectivity index is 1.76. The van der Waals surface area contributed by atoms with Crippen molar-refractivity contribution in [2.75, 3.05) is 0 Å². The van der Waals surface area contributed by atoms with Crippen LogP contribution in [0.2, 0.25) is 18.1 Å². The van der Waals surface area contributed by atoms with Gasteiger partial charge in [-0.3, -0.25) is 0 Å². The van der Waals surface area contributed by atoms with Crippen molar-refractivity contribution in [3.8, 4) is 0 Å². The third kappa shape index (κ3) is 3.77. The average molecular weight is 355 g/mol. The van der Waals surface area contributed by atoms with Crippen LogP contribution in [0.1, 0.15) is 73.1 Å². The van der Waals surface area contributed by atoms with Crippen LogP contribution in [0.15, 0.2) is 0 Å². The van der Waals surface area contributed by atoms with E-state index in [1.165, 1.54) is 25.7 Å². The van der Waals surface area contributed by atoms with Crippen LogP contribution in [0.25, 0.3) is 0 Å². The SMILES string of the molecule is CC1(C)CC2C(OC(CC3CCCC3)C2O[Si](C)(C)C(C)(C)C)O1. The van der Waals surface area contributed by atoms with E-state index in [1.54, 1.807) is 0 Å². The second-order valence-corrected chi connectivity index (χ2v) is 15.3. The molecule has 1 saturated carbocycles. The van der Waals surface area contributed by atoms with Gasteiger partial charge in [-0.1, -0.05) is 46.5 Å². The molecule has 24 heavy (non-hydrogen) atoms. The first kappa shape index (κ1) is 18.9. The van der Waals surface area contributed by atoms with Crippen LogP contribution < -0.4 is 0 Å². The van der Waals surface area contributed by atoms with Crippen molar-refractivity contribution >= 4 is 8.32 Å². The van der Waals surface area contributed by atoms with E-state index in [1.807, 2.05) is 0 Å². The van der Waals surface area contributed by atoms with E-state index in [4.69, 9.17) is 13.9 Å². The lowest BCUT2D eigenvalue weighted by molar-refractivity contribution is -0.167. The fourth-order valence-corrected chi connectivity index (χ4v) is 5.84. The van der Waals surface area contributed by atoms with Crippen LogP contribution in [0.5, 0.6) is 0 Å². The number of fused-ring (bicyclic) bond motifs is 1. The van der Waals surface area contributed by atoms with E-state index < -0.39 is 8.32 Å². The van der Waals surface area contributed by atoms with Gasteiger partial charge in [0.05, 0.1) is 17.8 Å². The molecule has 0 aromatic rings. The summed E-state index contributed by atoms with van der Waals surface area (Å²) in [7, 11) is -1.81.